The Morgan fingerprint density at radius 3 is 1.52 bits per heavy atom. The number of hydrogen-bond acceptors (Lipinski definition) is 5. The van der Waals surface area contributed by atoms with E-state index in [1.165, 1.54) is 0 Å². The van der Waals surface area contributed by atoms with Crippen LogP contribution >= 0.6 is 7.60 Å². The molecule has 0 aliphatic carbocycles. The van der Waals surface area contributed by atoms with Gasteiger partial charge in [-0.3, -0.25) is 9.36 Å². The number of carbonyl (C=O) groups is 1. The highest BCUT2D eigenvalue weighted by Gasteiger charge is 2.63. The minimum absolute atomic E-state index is 0.808. The molecule has 0 amide bonds. The maximum atomic E-state index is 12.3. The van der Waals surface area contributed by atoms with E-state index < -0.39 is 37.2 Å². The molecule has 0 aromatic rings. The van der Waals surface area contributed by atoms with E-state index >= 15 is 0 Å². The molecule has 0 radical (unpaired) electrons. The minimum atomic E-state index is -5.91. The van der Waals surface area contributed by atoms with Crippen molar-refractivity contribution in [3.63, 3.8) is 0 Å². The van der Waals surface area contributed by atoms with E-state index in [0.29, 0.717) is 0 Å². The molecule has 12 heteroatoms. The summed E-state index contributed by atoms with van der Waals surface area (Å²) < 4.78 is 98.9. The lowest BCUT2D eigenvalue weighted by Gasteiger charge is -2.32. The largest absolute Gasteiger partial charge is 0.446 e. The van der Waals surface area contributed by atoms with Gasteiger partial charge < -0.3 is 13.8 Å². The predicted octanol–water partition coefficient (Wildman–Crippen LogP) is 3.49. The third-order valence-electron chi connectivity index (χ3n) is 2.38. The third kappa shape index (κ3) is 4.58. The average molecular weight is 346 g/mol. The van der Waals surface area contributed by atoms with Crippen molar-refractivity contribution in [1.29, 1.82) is 0 Å². The summed E-state index contributed by atoms with van der Waals surface area (Å²) in [6.07, 6.45) is -11.8. The second kappa shape index (κ2) is 6.13. The average Bonchev–Trinajstić information content (AvgIpc) is 2.22. The van der Waals surface area contributed by atoms with Gasteiger partial charge in [0, 0.05) is 14.2 Å². The molecule has 0 aliphatic rings. The van der Waals surface area contributed by atoms with Crippen molar-refractivity contribution in [2.45, 2.75) is 31.5 Å². The molecule has 0 spiro atoms. The lowest BCUT2D eigenvalue weighted by molar-refractivity contribution is -0.283. The molecular formula is C9H13F6O5P. The molecular weight excluding hydrogens is 333 g/mol. The Balaban J connectivity index is 5.50. The normalized spacial score (nSPS) is 14.4. The van der Waals surface area contributed by atoms with Crippen LogP contribution < -0.4 is 0 Å². The number of carbonyl (C=O) groups excluding carboxylic acids is 1. The summed E-state index contributed by atoms with van der Waals surface area (Å²) in [5.41, 5.74) is 0. The molecule has 0 aromatic heterocycles. The summed E-state index contributed by atoms with van der Waals surface area (Å²) in [6.45, 7) is 1.62. The van der Waals surface area contributed by atoms with Crippen LogP contribution in [0.15, 0.2) is 0 Å². The van der Waals surface area contributed by atoms with E-state index in [4.69, 9.17) is 0 Å². The van der Waals surface area contributed by atoms with E-state index in [0.717, 1.165) is 28.1 Å². The maximum Gasteiger partial charge on any atom is 0.411 e. The van der Waals surface area contributed by atoms with E-state index in [2.05, 4.69) is 13.8 Å². The van der Waals surface area contributed by atoms with Gasteiger partial charge in [-0.1, -0.05) is 0 Å². The van der Waals surface area contributed by atoms with Crippen LogP contribution in [0.2, 0.25) is 0 Å². The van der Waals surface area contributed by atoms with Gasteiger partial charge in [-0.15, -0.1) is 0 Å². The van der Waals surface area contributed by atoms with Crippen LogP contribution in [0.25, 0.3) is 0 Å². The zero-order valence-corrected chi connectivity index (χ0v) is 12.2. The Hall–Kier alpha value is -0.800. The standard InChI is InChI=1S/C9H13F6O5P/c1-7(2,21(17,18-3)19-4)20-6(16)5(8(10,11)12)9(13,14)15/h5H,1-4H3. The SMILES string of the molecule is COP(=O)(OC)C(C)(C)OC(=O)C(C(F)(F)F)C(F)(F)F. The van der Waals surface area contributed by atoms with Crippen LogP contribution in [0.1, 0.15) is 13.8 Å². The molecule has 0 saturated carbocycles. The quantitative estimate of drug-likeness (QED) is 0.433. The zero-order chi connectivity index (χ0) is 17.3. The van der Waals surface area contributed by atoms with Gasteiger partial charge in [0.15, 0.2) is 0 Å². The molecule has 0 N–H and O–H groups in total. The van der Waals surface area contributed by atoms with Crippen molar-refractivity contribution >= 4 is 13.6 Å². The Kier molecular flexibility index (Phi) is 5.90. The molecule has 0 saturated heterocycles. The lowest BCUT2D eigenvalue weighted by atomic mass is 10.1. The van der Waals surface area contributed by atoms with Crippen molar-refractivity contribution in [3.8, 4) is 0 Å². The van der Waals surface area contributed by atoms with Crippen LogP contribution in [-0.2, 0) is 23.1 Å². The molecule has 0 heterocycles. The van der Waals surface area contributed by atoms with Gasteiger partial charge in [-0.25, -0.2) is 0 Å². The van der Waals surface area contributed by atoms with E-state index in [1.54, 1.807) is 0 Å². The first-order chi connectivity index (χ1) is 9.12. The molecule has 5 nitrogen and oxygen atoms in total. The monoisotopic (exact) mass is 346 g/mol. The Morgan fingerprint density at radius 2 is 1.29 bits per heavy atom. The Morgan fingerprint density at radius 1 is 0.952 bits per heavy atom. The van der Waals surface area contributed by atoms with Crippen molar-refractivity contribution in [2.75, 3.05) is 14.2 Å². The van der Waals surface area contributed by atoms with Crippen molar-refractivity contribution in [1.82, 2.24) is 0 Å². The summed E-state index contributed by atoms with van der Waals surface area (Å²) in [5, 5.41) is -2.34. The molecule has 0 bridgehead atoms. The van der Waals surface area contributed by atoms with E-state index in [9.17, 15) is 35.7 Å². The first kappa shape index (κ1) is 20.2. The fourth-order valence-corrected chi connectivity index (χ4v) is 2.56. The van der Waals surface area contributed by atoms with Crippen LogP contribution in [0, 0.1) is 5.92 Å². The smallest absolute Gasteiger partial charge is 0.411 e. The van der Waals surface area contributed by atoms with Crippen LogP contribution in [-0.4, -0.2) is 37.9 Å². The molecule has 126 valence electrons. The topological polar surface area (TPSA) is 61.8 Å². The van der Waals surface area contributed by atoms with Crippen molar-refractivity contribution < 1.29 is 49.5 Å². The first-order valence-electron chi connectivity index (χ1n) is 5.20. The second-order valence-corrected chi connectivity index (χ2v) is 7.05. The van der Waals surface area contributed by atoms with Gasteiger partial charge in [0.25, 0.3) is 0 Å². The number of halogens is 6. The second-order valence-electron chi connectivity index (χ2n) is 4.25. The minimum Gasteiger partial charge on any atom is -0.446 e. The number of hydrogen-bond donors (Lipinski definition) is 0. The van der Waals surface area contributed by atoms with Gasteiger partial charge in [0.1, 0.15) is 0 Å². The fraction of sp³-hybridized carbons (Fsp3) is 0.889. The molecule has 0 rings (SSSR count). The molecule has 0 unspecified atom stereocenters. The highest BCUT2D eigenvalue weighted by Crippen LogP contribution is 2.59. The fourth-order valence-electron chi connectivity index (χ4n) is 1.33. The van der Waals surface area contributed by atoms with Crippen LogP contribution in [0.4, 0.5) is 26.3 Å². The first-order valence-corrected chi connectivity index (χ1v) is 6.74. The molecule has 0 aliphatic heterocycles. The van der Waals surface area contributed by atoms with E-state index in [-0.39, 0.29) is 0 Å². The zero-order valence-electron chi connectivity index (χ0n) is 11.3. The van der Waals surface area contributed by atoms with Gasteiger partial charge in [-0.05, 0) is 13.8 Å². The highest BCUT2D eigenvalue weighted by molar-refractivity contribution is 7.55. The number of ether oxygens (including phenoxy) is 1. The van der Waals surface area contributed by atoms with Crippen LogP contribution in [0.5, 0.6) is 0 Å². The number of esters is 1. The third-order valence-corrected chi connectivity index (χ3v) is 4.75. The van der Waals surface area contributed by atoms with Gasteiger partial charge in [0.2, 0.25) is 11.3 Å². The molecule has 0 fully saturated rings. The number of rotatable bonds is 5. The van der Waals surface area contributed by atoms with Crippen LogP contribution in [0.3, 0.4) is 0 Å². The van der Waals surface area contributed by atoms with Gasteiger partial charge in [-0.2, -0.15) is 26.3 Å². The summed E-state index contributed by atoms with van der Waals surface area (Å²) in [4.78, 5) is 11.2. The van der Waals surface area contributed by atoms with Gasteiger partial charge >= 0.3 is 25.9 Å². The van der Waals surface area contributed by atoms with E-state index in [1.807, 2.05) is 0 Å². The van der Waals surface area contributed by atoms with Crippen molar-refractivity contribution in [3.05, 3.63) is 0 Å². The molecule has 0 aromatic carbocycles. The highest BCUT2D eigenvalue weighted by atomic mass is 31.2. The number of alkyl halides is 6. The molecule has 0 atom stereocenters. The maximum absolute atomic E-state index is 12.3. The van der Waals surface area contributed by atoms with Crippen molar-refractivity contribution in [2.24, 2.45) is 5.92 Å². The Labute approximate surface area is 116 Å². The summed E-state index contributed by atoms with van der Waals surface area (Å²) in [6, 6.07) is 0. The summed E-state index contributed by atoms with van der Waals surface area (Å²) in [7, 11) is -2.58. The summed E-state index contributed by atoms with van der Waals surface area (Å²) in [5.74, 6) is -7.00. The molecule has 21 heavy (non-hydrogen) atoms. The van der Waals surface area contributed by atoms with Gasteiger partial charge in [0.05, 0.1) is 0 Å². The lowest BCUT2D eigenvalue weighted by Crippen LogP contribution is -2.46. The Bertz CT molecular complexity index is 407. The summed E-state index contributed by atoms with van der Waals surface area (Å²) >= 11 is 0. The predicted molar refractivity (Wildman–Crippen MR) is 57.4 cm³/mol.